The van der Waals surface area contributed by atoms with E-state index in [4.69, 9.17) is 5.73 Å². The number of rotatable bonds is 7. The van der Waals surface area contributed by atoms with E-state index in [1.54, 1.807) is 0 Å². The third-order valence-corrected chi connectivity index (χ3v) is 9.55. The van der Waals surface area contributed by atoms with Crippen LogP contribution in [-0.4, -0.2) is 85.5 Å². The smallest absolute Gasteiger partial charge is 0.417 e. The highest BCUT2D eigenvalue weighted by Crippen LogP contribution is 2.54. The van der Waals surface area contributed by atoms with Crippen LogP contribution in [0.1, 0.15) is 67.6 Å². The maximum atomic E-state index is 14.8. The van der Waals surface area contributed by atoms with Gasteiger partial charge in [0.05, 0.1) is 17.2 Å². The van der Waals surface area contributed by atoms with Crippen molar-refractivity contribution in [3.05, 3.63) is 51.0 Å². The van der Waals surface area contributed by atoms with Crippen molar-refractivity contribution in [1.29, 1.82) is 0 Å². The summed E-state index contributed by atoms with van der Waals surface area (Å²) in [7, 11) is 2.94. The van der Waals surface area contributed by atoms with Crippen molar-refractivity contribution in [3.8, 4) is 5.75 Å². The topological polar surface area (TPSA) is 165 Å². The average molecular weight is 610 g/mol. The number of ketones is 2. The molecule has 0 bridgehead atoms. The predicted molar refractivity (Wildman–Crippen MR) is 149 cm³/mol. The van der Waals surface area contributed by atoms with Gasteiger partial charge in [0, 0.05) is 23.6 Å². The molecule has 10 nitrogen and oxygen atoms in total. The van der Waals surface area contributed by atoms with Crippen molar-refractivity contribution < 1.29 is 48.0 Å². The van der Waals surface area contributed by atoms with Crippen molar-refractivity contribution in [3.63, 3.8) is 0 Å². The molecule has 0 spiro atoms. The maximum absolute atomic E-state index is 14.8. The molecule has 0 aromatic heterocycles. The van der Waals surface area contributed by atoms with Gasteiger partial charge in [0.15, 0.2) is 11.4 Å². The van der Waals surface area contributed by atoms with Crippen molar-refractivity contribution in [1.82, 2.24) is 9.80 Å². The molecule has 1 aromatic rings. The first kappa shape index (κ1) is 32.5. The number of aromatic hydroxyl groups is 1. The minimum atomic E-state index is -4.91. The number of allylic oxidation sites excluding steroid dienone is 1. The Kier molecular flexibility index (Phi) is 8.04. The number of nitrogens with two attached hydrogens (primary N) is 1. The largest absolute Gasteiger partial charge is 0.510 e. The number of amides is 1. The van der Waals surface area contributed by atoms with Crippen LogP contribution in [0.4, 0.5) is 13.2 Å². The summed E-state index contributed by atoms with van der Waals surface area (Å²) in [5, 5.41) is 44.9. The number of carbonyl (C=O) groups is 3. The fraction of sp³-hybridized carbons (Fsp3) is 0.567. The highest BCUT2D eigenvalue weighted by Gasteiger charge is 2.63. The average Bonchev–Trinajstić information content (AvgIpc) is 2.87. The lowest BCUT2D eigenvalue weighted by Gasteiger charge is -2.50. The monoisotopic (exact) mass is 609 g/mol. The number of phenolic OH excluding ortho intramolecular Hbond substituents is 1. The molecular formula is C30H38F3N3O7. The minimum Gasteiger partial charge on any atom is -0.510 e. The van der Waals surface area contributed by atoms with Crippen molar-refractivity contribution in [2.24, 2.45) is 17.6 Å². The van der Waals surface area contributed by atoms with Crippen LogP contribution in [0.5, 0.6) is 5.75 Å². The molecule has 0 heterocycles. The van der Waals surface area contributed by atoms with Crippen LogP contribution in [0.15, 0.2) is 28.7 Å². The summed E-state index contributed by atoms with van der Waals surface area (Å²) in [6.45, 7) is 7.78. The molecule has 1 aromatic carbocycles. The number of fused-ring (bicyclic) bond motifs is 3. The van der Waals surface area contributed by atoms with E-state index in [1.165, 1.54) is 19.0 Å². The van der Waals surface area contributed by atoms with Crippen LogP contribution < -0.4 is 5.73 Å². The Hall–Kier alpha value is -3.42. The number of hydrogen-bond donors (Lipinski definition) is 5. The molecule has 1 amide bonds. The highest BCUT2D eigenvalue weighted by molar-refractivity contribution is 6.24. The molecule has 3 aliphatic carbocycles. The van der Waals surface area contributed by atoms with Gasteiger partial charge in [-0.05, 0) is 76.9 Å². The second-order valence-electron chi connectivity index (χ2n) is 12.4. The summed E-state index contributed by atoms with van der Waals surface area (Å²) >= 11 is 0. The third-order valence-electron chi connectivity index (χ3n) is 9.55. The Morgan fingerprint density at radius 3 is 2.23 bits per heavy atom. The molecule has 4 rings (SSSR count). The summed E-state index contributed by atoms with van der Waals surface area (Å²) in [4.78, 5) is 42.5. The van der Waals surface area contributed by atoms with Gasteiger partial charge in [0.25, 0.3) is 5.91 Å². The molecule has 0 aliphatic heterocycles. The van der Waals surface area contributed by atoms with E-state index >= 15 is 0 Å². The number of halogens is 3. The molecule has 6 N–H and O–H groups in total. The van der Waals surface area contributed by atoms with Crippen LogP contribution >= 0.6 is 0 Å². The first-order valence-corrected chi connectivity index (χ1v) is 14.1. The lowest BCUT2D eigenvalue weighted by molar-refractivity contribution is -0.148. The molecule has 0 radical (unpaired) electrons. The normalized spacial score (nSPS) is 26.2. The van der Waals surface area contributed by atoms with E-state index in [-0.39, 0.29) is 18.5 Å². The molecule has 0 fully saturated rings. The van der Waals surface area contributed by atoms with Gasteiger partial charge < -0.3 is 26.2 Å². The molecule has 0 unspecified atom stereocenters. The number of hydrogen-bond acceptors (Lipinski definition) is 9. The number of alkyl halides is 3. The number of phenols is 1. The Labute approximate surface area is 247 Å². The summed E-state index contributed by atoms with van der Waals surface area (Å²) in [5.41, 5.74) is -1.88. The van der Waals surface area contributed by atoms with Crippen molar-refractivity contribution >= 4 is 17.5 Å². The Balaban J connectivity index is 1.96. The highest BCUT2D eigenvalue weighted by atomic mass is 19.4. The maximum Gasteiger partial charge on any atom is 0.417 e. The number of Topliss-reactive ketones (excluding diaryl/α,β-unsaturated/α-hetero) is 2. The number of carbonyl (C=O) groups excluding carboxylic acids is 3. The summed E-state index contributed by atoms with van der Waals surface area (Å²) < 4.78 is 44.4. The van der Waals surface area contributed by atoms with Crippen LogP contribution in [0.3, 0.4) is 0 Å². The molecule has 13 heteroatoms. The summed E-state index contributed by atoms with van der Waals surface area (Å²) in [6.07, 6.45) is -5.03. The van der Waals surface area contributed by atoms with Crippen LogP contribution in [0, 0.1) is 11.8 Å². The minimum absolute atomic E-state index is 0.159. The van der Waals surface area contributed by atoms with E-state index in [1.807, 2.05) is 32.6 Å². The van der Waals surface area contributed by atoms with E-state index in [0.29, 0.717) is 13.0 Å². The van der Waals surface area contributed by atoms with Crippen molar-refractivity contribution in [2.45, 2.75) is 76.9 Å². The number of primary amides is 1. The number of benzene rings is 1. The second kappa shape index (κ2) is 10.6. The molecule has 0 saturated heterocycles. The number of aliphatic hydroxyl groups is 3. The molecule has 3 aliphatic rings. The van der Waals surface area contributed by atoms with Crippen LogP contribution in [0.2, 0.25) is 0 Å². The zero-order valence-corrected chi connectivity index (χ0v) is 25.0. The van der Waals surface area contributed by atoms with E-state index in [0.717, 1.165) is 6.07 Å². The van der Waals surface area contributed by atoms with E-state index < -0.39 is 104 Å². The lowest BCUT2D eigenvalue weighted by Crippen LogP contribution is -2.63. The van der Waals surface area contributed by atoms with Gasteiger partial charge in [-0.3, -0.25) is 24.2 Å². The van der Waals surface area contributed by atoms with Gasteiger partial charge in [-0.1, -0.05) is 13.8 Å². The van der Waals surface area contributed by atoms with Crippen LogP contribution in [-0.2, 0) is 28.7 Å². The van der Waals surface area contributed by atoms with E-state index in [2.05, 4.69) is 0 Å². The van der Waals surface area contributed by atoms with Gasteiger partial charge >= 0.3 is 6.18 Å². The summed E-state index contributed by atoms with van der Waals surface area (Å²) in [5.74, 6) is -9.03. The van der Waals surface area contributed by atoms with Gasteiger partial charge in [-0.25, -0.2) is 0 Å². The zero-order chi connectivity index (χ0) is 32.6. The number of likely N-dealkylation sites (N-methyl/N-ethyl adjacent to an activating group) is 1. The fourth-order valence-electron chi connectivity index (χ4n) is 7.05. The first-order chi connectivity index (χ1) is 19.7. The molecule has 43 heavy (non-hydrogen) atoms. The SMILES string of the molecule is CCN(Cc1cc(O)c2c(c1C(F)(F)F)C[C@H]1C[C@H]3[C@H](N(C)C)C(O)=C(C(N)=O)C(=O)[C@@]3(O)C(O)=C1C2=O)C(C)(C)CC. The van der Waals surface area contributed by atoms with Crippen LogP contribution in [0.25, 0.3) is 0 Å². The first-order valence-electron chi connectivity index (χ1n) is 14.1. The Bertz CT molecular complexity index is 1460. The fourth-order valence-corrected chi connectivity index (χ4v) is 7.05. The quantitative estimate of drug-likeness (QED) is 0.292. The van der Waals surface area contributed by atoms with Gasteiger partial charge in [0.2, 0.25) is 5.78 Å². The van der Waals surface area contributed by atoms with E-state index in [9.17, 15) is 48.0 Å². The second-order valence-corrected chi connectivity index (χ2v) is 12.4. The lowest BCUT2D eigenvalue weighted by atomic mass is 9.58. The molecular weight excluding hydrogens is 571 g/mol. The third kappa shape index (κ3) is 4.81. The number of aliphatic hydroxyl groups excluding tert-OH is 2. The van der Waals surface area contributed by atoms with Crippen molar-refractivity contribution in [2.75, 3.05) is 20.6 Å². The zero-order valence-electron chi connectivity index (χ0n) is 25.0. The number of nitrogens with zero attached hydrogens (tertiary/aromatic N) is 2. The Morgan fingerprint density at radius 1 is 1.14 bits per heavy atom. The van der Waals surface area contributed by atoms with Gasteiger partial charge in [0.1, 0.15) is 22.8 Å². The summed E-state index contributed by atoms with van der Waals surface area (Å²) in [6, 6.07) is -0.340. The molecule has 0 saturated carbocycles. The standard InChI is InChI=1S/C30H38F3N3O7/c1-7-28(3,4)36(8-2)12-14-11-17(37)19-15(21(14)30(31,32)33)9-13-10-16-22(35(5)6)24(39)20(27(34)42)26(41)29(16,43)25(40)18(13)23(19)38/h11,13,16,22,37,39-40,43H,7-10,12H2,1-6H3,(H2,34,42)/t13-,16-,22-,29-/m0/s1. The Morgan fingerprint density at radius 2 is 1.74 bits per heavy atom. The molecule has 4 atom stereocenters. The van der Waals surface area contributed by atoms with Gasteiger partial charge in [-0.2, -0.15) is 13.2 Å². The van der Waals surface area contributed by atoms with Gasteiger partial charge in [-0.15, -0.1) is 0 Å². The predicted octanol–water partition coefficient (Wildman–Crippen LogP) is 3.15. The molecule has 236 valence electrons.